The van der Waals surface area contributed by atoms with Crippen LogP contribution in [0.25, 0.3) is 28.0 Å². The molecular weight excluding hydrogens is 424 g/mol. The van der Waals surface area contributed by atoms with Crippen molar-refractivity contribution in [1.82, 2.24) is 19.7 Å². The van der Waals surface area contributed by atoms with Crippen molar-refractivity contribution < 1.29 is 9.84 Å². The SMILES string of the molecule is CCC(CC)C(O)c1cn(-c2ccc(OC(C)C)nn2)c2cnc(-c3c(C)cccc3C)cc12. The average Bonchev–Trinajstić information content (AvgIpc) is 3.19. The van der Waals surface area contributed by atoms with E-state index in [4.69, 9.17) is 9.72 Å². The number of ether oxygens (including phenoxy) is 1. The lowest BCUT2D eigenvalue weighted by molar-refractivity contribution is 0.104. The second-order valence-corrected chi connectivity index (χ2v) is 9.23. The molecule has 3 aromatic heterocycles. The zero-order chi connectivity index (χ0) is 24.4. The third-order valence-electron chi connectivity index (χ3n) is 6.50. The molecule has 0 fully saturated rings. The van der Waals surface area contributed by atoms with Crippen LogP contribution in [-0.4, -0.2) is 31.0 Å². The van der Waals surface area contributed by atoms with Gasteiger partial charge >= 0.3 is 0 Å². The van der Waals surface area contributed by atoms with Crippen LogP contribution in [0.1, 0.15) is 63.3 Å². The van der Waals surface area contributed by atoms with E-state index in [1.54, 1.807) is 0 Å². The molecule has 0 bridgehead atoms. The molecule has 6 nitrogen and oxygen atoms in total. The van der Waals surface area contributed by atoms with E-state index in [2.05, 4.69) is 62.2 Å². The third kappa shape index (κ3) is 4.55. The highest BCUT2D eigenvalue weighted by Crippen LogP contribution is 2.37. The van der Waals surface area contributed by atoms with Gasteiger partial charge < -0.3 is 9.84 Å². The van der Waals surface area contributed by atoms with E-state index in [-0.39, 0.29) is 12.0 Å². The molecule has 1 atom stereocenters. The number of aliphatic hydroxyl groups is 1. The monoisotopic (exact) mass is 458 g/mol. The largest absolute Gasteiger partial charge is 0.474 e. The Labute approximate surface area is 201 Å². The maximum absolute atomic E-state index is 11.4. The molecule has 1 aromatic carbocycles. The normalized spacial score (nSPS) is 12.6. The van der Waals surface area contributed by atoms with Crippen molar-refractivity contribution in [2.24, 2.45) is 5.92 Å². The number of benzene rings is 1. The second kappa shape index (κ2) is 9.94. The number of aromatic nitrogens is 4. The van der Waals surface area contributed by atoms with E-state index in [0.717, 1.165) is 40.6 Å². The van der Waals surface area contributed by atoms with E-state index in [1.807, 2.05) is 42.9 Å². The van der Waals surface area contributed by atoms with E-state index < -0.39 is 6.10 Å². The molecule has 0 amide bonds. The minimum absolute atomic E-state index is 0.0295. The Hall–Kier alpha value is -3.25. The molecule has 1 N–H and O–H groups in total. The first-order valence-electron chi connectivity index (χ1n) is 12.1. The minimum atomic E-state index is -0.580. The van der Waals surface area contributed by atoms with E-state index in [0.29, 0.717) is 11.7 Å². The van der Waals surface area contributed by atoms with Crippen LogP contribution in [0, 0.1) is 19.8 Å². The van der Waals surface area contributed by atoms with Crippen LogP contribution in [0.5, 0.6) is 5.88 Å². The van der Waals surface area contributed by atoms with Gasteiger partial charge in [-0.3, -0.25) is 9.55 Å². The van der Waals surface area contributed by atoms with Gasteiger partial charge in [0.1, 0.15) is 0 Å². The average molecular weight is 459 g/mol. The van der Waals surface area contributed by atoms with Crippen molar-refractivity contribution in [3.63, 3.8) is 0 Å². The molecule has 0 radical (unpaired) electrons. The maximum Gasteiger partial charge on any atom is 0.233 e. The highest BCUT2D eigenvalue weighted by atomic mass is 16.5. The van der Waals surface area contributed by atoms with Gasteiger partial charge in [0.25, 0.3) is 0 Å². The maximum atomic E-state index is 11.4. The van der Waals surface area contributed by atoms with Gasteiger partial charge in [0, 0.05) is 28.8 Å². The predicted octanol–water partition coefficient (Wildman–Crippen LogP) is 6.36. The Balaban J connectivity index is 1.89. The molecule has 4 aromatic rings. The van der Waals surface area contributed by atoms with Crippen molar-refractivity contribution in [3.8, 4) is 23.0 Å². The van der Waals surface area contributed by atoms with Gasteiger partial charge in [-0.1, -0.05) is 44.9 Å². The fraction of sp³-hybridized carbons (Fsp3) is 0.393. The summed E-state index contributed by atoms with van der Waals surface area (Å²) in [5, 5.41) is 21.0. The smallest absolute Gasteiger partial charge is 0.233 e. The Morgan fingerprint density at radius 3 is 2.29 bits per heavy atom. The Kier molecular flexibility index (Phi) is 6.98. The standard InChI is InChI=1S/C28H34N4O2/c1-7-20(8-2)28(33)22-16-32(25-12-13-26(31-30-25)34-17(3)4)24-15-29-23(14-21(22)24)27-18(5)10-9-11-19(27)6/h9-17,20,28,33H,7-8H2,1-6H3. The lowest BCUT2D eigenvalue weighted by Crippen LogP contribution is -2.10. The predicted molar refractivity (Wildman–Crippen MR) is 136 cm³/mol. The molecule has 0 saturated carbocycles. The summed E-state index contributed by atoms with van der Waals surface area (Å²) in [6, 6.07) is 12.1. The lowest BCUT2D eigenvalue weighted by atomic mass is 9.91. The summed E-state index contributed by atoms with van der Waals surface area (Å²) < 4.78 is 7.61. The van der Waals surface area contributed by atoms with Gasteiger partial charge in [-0.05, 0) is 56.9 Å². The van der Waals surface area contributed by atoms with Crippen molar-refractivity contribution in [3.05, 3.63) is 65.5 Å². The van der Waals surface area contributed by atoms with Crippen molar-refractivity contribution >= 4 is 10.9 Å². The van der Waals surface area contributed by atoms with Gasteiger partial charge in [0.05, 0.1) is 29.6 Å². The fourth-order valence-corrected chi connectivity index (χ4v) is 4.66. The summed E-state index contributed by atoms with van der Waals surface area (Å²) in [6.07, 6.45) is 5.11. The molecule has 178 valence electrons. The quantitative estimate of drug-likeness (QED) is 0.333. The molecule has 0 spiro atoms. The molecule has 0 aliphatic rings. The second-order valence-electron chi connectivity index (χ2n) is 9.23. The van der Waals surface area contributed by atoms with Gasteiger partial charge in [0.2, 0.25) is 5.88 Å². The summed E-state index contributed by atoms with van der Waals surface area (Å²) in [5.41, 5.74) is 6.19. The van der Waals surface area contributed by atoms with Gasteiger partial charge in [-0.2, -0.15) is 0 Å². The number of hydrogen-bond donors (Lipinski definition) is 1. The van der Waals surface area contributed by atoms with Crippen molar-refractivity contribution in [2.45, 2.75) is 66.6 Å². The molecule has 6 heteroatoms. The molecule has 0 aliphatic carbocycles. The van der Waals surface area contributed by atoms with Crippen molar-refractivity contribution in [2.75, 3.05) is 0 Å². The zero-order valence-electron chi connectivity index (χ0n) is 20.9. The Morgan fingerprint density at radius 2 is 1.71 bits per heavy atom. The summed E-state index contributed by atoms with van der Waals surface area (Å²) in [5.74, 6) is 1.32. The van der Waals surface area contributed by atoms with Crippen LogP contribution >= 0.6 is 0 Å². The number of aliphatic hydroxyl groups excluding tert-OH is 1. The summed E-state index contributed by atoms with van der Waals surface area (Å²) in [4.78, 5) is 4.82. The summed E-state index contributed by atoms with van der Waals surface area (Å²) in [6.45, 7) is 12.4. The first-order valence-corrected chi connectivity index (χ1v) is 12.1. The summed E-state index contributed by atoms with van der Waals surface area (Å²) in [7, 11) is 0. The van der Waals surface area contributed by atoms with Gasteiger partial charge in [-0.15, -0.1) is 10.2 Å². The molecule has 3 heterocycles. The lowest BCUT2D eigenvalue weighted by Gasteiger charge is -2.19. The number of nitrogens with zero attached hydrogens (tertiary/aromatic N) is 4. The Bertz CT molecular complexity index is 1250. The molecule has 4 rings (SSSR count). The number of hydrogen-bond acceptors (Lipinski definition) is 5. The van der Waals surface area contributed by atoms with Crippen LogP contribution in [-0.2, 0) is 0 Å². The summed E-state index contributed by atoms with van der Waals surface area (Å²) >= 11 is 0. The fourth-order valence-electron chi connectivity index (χ4n) is 4.66. The molecule has 0 aliphatic heterocycles. The molecule has 0 saturated heterocycles. The third-order valence-corrected chi connectivity index (χ3v) is 6.50. The van der Waals surface area contributed by atoms with Crippen LogP contribution in [0.4, 0.5) is 0 Å². The Morgan fingerprint density at radius 1 is 1.00 bits per heavy atom. The van der Waals surface area contributed by atoms with E-state index in [9.17, 15) is 5.11 Å². The van der Waals surface area contributed by atoms with Crippen LogP contribution in [0.3, 0.4) is 0 Å². The first-order chi connectivity index (χ1) is 16.3. The van der Waals surface area contributed by atoms with E-state index >= 15 is 0 Å². The molecular formula is C28H34N4O2. The topological polar surface area (TPSA) is 73.1 Å². The highest BCUT2D eigenvalue weighted by Gasteiger charge is 2.24. The number of rotatable bonds is 8. The van der Waals surface area contributed by atoms with Gasteiger partial charge in [-0.25, -0.2) is 0 Å². The number of fused-ring (bicyclic) bond motifs is 1. The van der Waals surface area contributed by atoms with Crippen molar-refractivity contribution in [1.29, 1.82) is 0 Å². The van der Waals surface area contributed by atoms with Gasteiger partial charge in [0.15, 0.2) is 5.82 Å². The van der Waals surface area contributed by atoms with E-state index in [1.165, 1.54) is 11.1 Å². The zero-order valence-corrected chi connectivity index (χ0v) is 20.9. The highest BCUT2D eigenvalue weighted by molar-refractivity contribution is 5.89. The van der Waals surface area contributed by atoms with Crippen LogP contribution in [0.2, 0.25) is 0 Å². The molecule has 1 unspecified atom stereocenters. The number of aryl methyl sites for hydroxylation is 2. The van der Waals surface area contributed by atoms with Crippen LogP contribution in [0.15, 0.2) is 48.8 Å². The van der Waals surface area contributed by atoms with Crippen LogP contribution < -0.4 is 4.74 Å². The minimum Gasteiger partial charge on any atom is -0.474 e. The first kappa shape index (κ1) is 23.9. The molecule has 34 heavy (non-hydrogen) atoms. The number of pyridine rings is 1.